The van der Waals surface area contributed by atoms with Gasteiger partial charge in [-0.25, -0.2) is 4.39 Å². The highest BCUT2D eigenvalue weighted by atomic mass is 35.5. The van der Waals surface area contributed by atoms with Crippen molar-refractivity contribution in [3.05, 3.63) is 46.4 Å². The molecule has 1 unspecified atom stereocenters. The summed E-state index contributed by atoms with van der Waals surface area (Å²) in [7, 11) is 0. The van der Waals surface area contributed by atoms with E-state index in [-0.39, 0.29) is 32.8 Å². The second-order valence-corrected chi connectivity index (χ2v) is 7.25. The summed E-state index contributed by atoms with van der Waals surface area (Å²) in [4.78, 5) is 15.2. The van der Waals surface area contributed by atoms with Crippen molar-refractivity contribution >= 4 is 28.4 Å². The van der Waals surface area contributed by atoms with Crippen molar-refractivity contribution < 1.29 is 23.2 Å². The average Bonchev–Trinajstić information content (AvgIpc) is 3.38. The fraction of sp³-hybridized carbons (Fsp3) is 0.368. The molecular weight excluding hydrogens is 389 g/mol. The molecule has 28 heavy (non-hydrogen) atoms. The van der Waals surface area contributed by atoms with E-state index in [9.17, 15) is 9.18 Å². The predicted octanol–water partition coefficient (Wildman–Crippen LogP) is 3.44. The van der Waals surface area contributed by atoms with E-state index in [0.717, 1.165) is 22.3 Å². The molecule has 148 valence electrons. The van der Waals surface area contributed by atoms with Crippen LogP contribution >= 0.6 is 11.6 Å². The molecule has 1 aromatic carbocycles. The van der Waals surface area contributed by atoms with Crippen LogP contribution in [0.2, 0.25) is 5.02 Å². The lowest BCUT2D eigenvalue weighted by Crippen LogP contribution is -2.43. The van der Waals surface area contributed by atoms with E-state index in [2.05, 4.69) is 15.5 Å². The summed E-state index contributed by atoms with van der Waals surface area (Å²) in [5.74, 6) is 0.430. The quantitative estimate of drug-likeness (QED) is 0.653. The molecule has 1 aliphatic heterocycles. The number of aromatic nitrogens is 2. The SMILES string of the molecule is Cc1cc(COc2cc3[nH]c(CNC(=O)C4(F)CCOC4)cc3cc2Cl)on1. The lowest BCUT2D eigenvalue weighted by Gasteiger charge is -2.16. The Morgan fingerprint density at radius 3 is 3.00 bits per heavy atom. The fourth-order valence-electron chi connectivity index (χ4n) is 3.09. The number of aryl methyl sites for hydroxylation is 1. The zero-order chi connectivity index (χ0) is 19.7. The molecule has 0 aliphatic carbocycles. The summed E-state index contributed by atoms with van der Waals surface area (Å²) in [6, 6.07) is 7.17. The first-order valence-electron chi connectivity index (χ1n) is 8.84. The monoisotopic (exact) mass is 407 g/mol. The number of nitrogens with zero attached hydrogens (tertiary/aromatic N) is 1. The number of amides is 1. The number of ether oxygens (including phenoxy) is 2. The first-order chi connectivity index (χ1) is 13.4. The zero-order valence-electron chi connectivity index (χ0n) is 15.2. The van der Waals surface area contributed by atoms with E-state index in [0.29, 0.717) is 16.5 Å². The minimum absolute atomic E-state index is 0.0759. The number of carbonyl (C=O) groups is 1. The average molecular weight is 408 g/mol. The lowest BCUT2D eigenvalue weighted by atomic mass is 10.1. The molecule has 2 aromatic heterocycles. The number of hydrogen-bond donors (Lipinski definition) is 2. The topological polar surface area (TPSA) is 89.4 Å². The van der Waals surface area contributed by atoms with E-state index in [1.807, 2.05) is 13.0 Å². The number of rotatable bonds is 6. The lowest BCUT2D eigenvalue weighted by molar-refractivity contribution is -0.133. The highest BCUT2D eigenvalue weighted by molar-refractivity contribution is 6.32. The number of fused-ring (bicyclic) bond motifs is 1. The van der Waals surface area contributed by atoms with Gasteiger partial charge >= 0.3 is 0 Å². The maximum Gasteiger partial charge on any atom is 0.260 e. The van der Waals surface area contributed by atoms with Crippen LogP contribution in [0.4, 0.5) is 4.39 Å². The molecular formula is C19H19ClFN3O4. The molecule has 1 atom stereocenters. The van der Waals surface area contributed by atoms with Crippen molar-refractivity contribution in [1.82, 2.24) is 15.5 Å². The van der Waals surface area contributed by atoms with Gasteiger partial charge in [0.1, 0.15) is 12.4 Å². The van der Waals surface area contributed by atoms with Crippen LogP contribution in [0.5, 0.6) is 5.75 Å². The van der Waals surface area contributed by atoms with Crippen molar-refractivity contribution in [3.63, 3.8) is 0 Å². The van der Waals surface area contributed by atoms with Crippen LogP contribution in [0.15, 0.2) is 28.8 Å². The van der Waals surface area contributed by atoms with Gasteiger partial charge in [0.05, 0.1) is 30.5 Å². The van der Waals surface area contributed by atoms with Gasteiger partial charge in [0.2, 0.25) is 5.67 Å². The van der Waals surface area contributed by atoms with Gasteiger partial charge in [0, 0.05) is 35.2 Å². The Bertz CT molecular complexity index is 1010. The molecule has 1 aliphatic rings. The number of nitrogens with one attached hydrogen (secondary N) is 2. The van der Waals surface area contributed by atoms with E-state index in [4.69, 9.17) is 25.6 Å². The number of aromatic amines is 1. The third-order valence-corrected chi connectivity index (χ3v) is 4.89. The highest BCUT2D eigenvalue weighted by Crippen LogP contribution is 2.31. The Kier molecular flexibility index (Phi) is 4.99. The molecule has 0 spiro atoms. The normalized spacial score (nSPS) is 19.2. The van der Waals surface area contributed by atoms with Crippen LogP contribution in [-0.2, 0) is 22.7 Å². The fourth-order valence-corrected chi connectivity index (χ4v) is 3.31. The number of hydrogen-bond acceptors (Lipinski definition) is 5. The van der Waals surface area contributed by atoms with Crippen molar-refractivity contribution in [2.45, 2.75) is 32.2 Å². The van der Waals surface area contributed by atoms with Gasteiger partial charge < -0.3 is 24.3 Å². The first kappa shape index (κ1) is 18.8. The second-order valence-electron chi connectivity index (χ2n) is 6.84. The molecule has 0 radical (unpaired) electrons. The van der Waals surface area contributed by atoms with Crippen molar-refractivity contribution in [2.24, 2.45) is 0 Å². The molecule has 9 heteroatoms. The summed E-state index contributed by atoms with van der Waals surface area (Å²) in [5.41, 5.74) is 0.340. The number of halogens is 2. The minimum atomic E-state index is -1.95. The Morgan fingerprint density at radius 1 is 1.43 bits per heavy atom. The summed E-state index contributed by atoms with van der Waals surface area (Å²) in [6.07, 6.45) is 0.0759. The molecule has 0 bridgehead atoms. The molecule has 3 heterocycles. The van der Waals surface area contributed by atoms with Crippen LogP contribution in [0.25, 0.3) is 10.9 Å². The smallest absolute Gasteiger partial charge is 0.260 e. The Hall–Kier alpha value is -2.58. The van der Waals surface area contributed by atoms with Gasteiger partial charge in [-0.05, 0) is 19.1 Å². The Morgan fingerprint density at radius 2 is 2.29 bits per heavy atom. The van der Waals surface area contributed by atoms with Crippen molar-refractivity contribution in [2.75, 3.05) is 13.2 Å². The van der Waals surface area contributed by atoms with Crippen molar-refractivity contribution in [3.8, 4) is 5.75 Å². The number of carbonyl (C=O) groups excluding carboxylic acids is 1. The van der Waals surface area contributed by atoms with Crippen LogP contribution < -0.4 is 10.1 Å². The van der Waals surface area contributed by atoms with Gasteiger partial charge in [0.25, 0.3) is 5.91 Å². The maximum absolute atomic E-state index is 14.4. The molecule has 1 saturated heterocycles. The van der Waals surface area contributed by atoms with Gasteiger partial charge in [-0.15, -0.1) is 0 Å². The van der Waals surface area contributed by atoms with Crippen LogP contribution in [0.3, 0.4) is 0 Å². The maximum atomic E-state index is 14.4. The standard InChI is InChI=1S/C19H19ClFN3O4/c1-11-4-14(28-24-11)9-27-17-7-16-12(6-15(17)20)5-13(23-16)8-22-18(25)19(21)2-3-26-10-19/h4-7,23H,2-3,8-10H2,1H3,(H,22,25). The summed E-state index contributed by atoms with van der Waals surface area (Å²) in [5, 5.41) is 7.73. The van der Waals surface area contributed by atoms with Crippen LogP contribution in [-0.4, -0.2) is 34.9 Å². The molecule has 7 nitrogen and oxygen atoms in total. The summed E-state index contributed by atoms with van der Waals surface area (Å²) in [6.45, 7) is 2.26. The predicted molar refractivity (Wildman–Crippen MR) is 100 cm³/mol. The zero-order valence-corrected chi connectivity index (χ0v) is 15.9. The van der Waals surface area contributed by atoms with Gasteiger partial charge in [-0.3, -0.25) is 4.79 Å². The van der Waals surface area contributed by atoms with E-state index < -0.39 is 11.6 Å². The highest BCUT2D eigenvalue weighted by Gasteiger charge is 2.42. The third-order valence-electron chi connectivity index (χ3n) is 4.60. The van der Waals surface area contributed by atoms with Crippen LogP contribution in [0.1, 0.15) is 23.6 Å². The van der Waals surface area contributed by atoms with Gasteiger partial charge in [-0.1, -0.05) is 16.8 Å². The number of benzene rings is 1. The summed E-state index contributed by atoms with van der Waals surface area (Å²) >= 11 is 6.30. The molecule has 2 N–H and O–H groups in total. The molecule has 1 amide bonds. The molecule has 0 saturated carbocycles. The van der Waals surface area contributed by atoms with Gasteiger partial charge in [0.15, 0.2) is 5.76 Å². The van der Waals surface area contributed by atoms with Gasteiger partial charge in [-0.2, -0.15) is 0 Å². The van der Waals surface area contributed by atoms with E-state index in [1.165, 1.54) is 0 Å². The molecule has 1 fully saturated rings. The summed E-state index contributed by atoms with van der Waals surface area (Å²) < 4.78 is 30.2. The largest absolute Gasteiger partial charge is 0.484 e. The molecule has 3 aromatic rings. The molecule has 4 rings (SSSR count). The third kappa shape index (κ3) is 3.83. The number of alkyl halides is 1. The van der Waals surface area contributed by atoms with E-state index in [1.54, 1.807) is 18.2 Å². The van der Waals surface area contributed by atoms with Crippen molar-refractivity contribution in [1.29, 1.82) is 0 Å². The minimum Gasteiger partial charge on any atom is -0.484 e. The van der Waals surface area contributed by atoms with E-state index >= 15 is 0 Å². The second kappa shape index (κ2) is 7.44. The Labute approximate surface area is 165 Å². The number of H-pyrrole nitrogens is 1. The Balaban J connectivity index is 1.44. The first-order valence-corrected chi connectivity index (χ1v) is 9.22. The van der Waals surface area contributed by atoms with Crippen LogP contribution in [0, 0.1) is 6.92 Å².